The molecule has 7 nitrogen and oxygen atoms in total. The molecule has 3 rings (SSSR count). The van der Waals surface area contributed by atoms with E-state index in [1.807, 2.05) is 0 Å². The summed E-state index contributed by atoms with van der Waals surface area (Å²) in [5, 5.41) is 3.79. The van der Waals surface area contributed by atoms with Crippen molar-refractivity contribution in [1.82, 2.24) is 9.88 Å². The smallest absolute Gasteiger partial charge is 0.258 e. The standard InChI is InChI=1S/C17H20N2O5S/c1-24-8-7-19-10-15(13-4-2-3-5-14(13)17(19)21)16(20)18-12-6-9-25(22,23)11-12/h2-5,10,12H,6-9,11H2,1H3,(H,18,20)/t12-/m1/s1. The zero-order valence-electron chi connectivity index (χ0n) is 13.9. The van der Waals surface area contributed by atoms with Crippen molar-refractivity contribution >= 4 is 26.5 Å². The van der Waals surface area contributed by atoms with Gasteiger partial charge in [0.05, 0.1) is 23.7 Å². The normalized spacial score (nSPS) is 19.2. The van der Waals surface area contributed by atoms with E-state index < -0.39 is 15.9 Å². The van der Waals surface area contributed by atoms with E-state index in [0.717, 1.165) is 0 Å². The van der Waals surface area contributed by atoms with E-state index in [2.05, 4.69) is 5.32 Å². The van der Waals surface area contributed by atoms with Crippen molar-refractivity contribution in [3.63, 3.8) is 0 Å². The zero-order chi connectivity index (χ0) is 18.0. The van der Waals surface area contributed by atoms with Crippen molar-refractivity contribution in [3.8, 4) is 0 Å². The maximum atomic E-state index is 12.7. The molecule has 1 aliphatic heterocycles. The van der Waals surface area contributed by atoms with Gasteiger partial charge >= 0.3 is 0 Å². The molecule has 0 bridgehead atoms. The first-order valence-corrected chi connectivity index (χ1v) is 9.86. The molecule has 1 aromatic carbocycles. The Morgan fingerprint density at radius 1 is 1.32 bits per heavy atom. The molecule has 1 saturated heterocycles. The summed E-state index contributed by atoms with van der Waals surface area (Å²) in [5.74, 6) is -0.323. The highest BCUT2D eigenvalue weighted by molar-refractivity contribution is 7.91. The van der Waals surface area contributed by atoms with Crippen molar-refractivity contribution in [2.24, 2.45) is 0 Å². The number of hydrogen-bond acceptors (Lipinski definition) is 5. The molecule has 134 valence electrons. The highest BCUT2D eigenvalue weighted by Crippen LogP contribution is 2.17. The lowest BCUT2D eigenvalue weighted by Crippen LogP contribution is -2.36. The van der Waals surface area contributed by atoms with Crippen molar-refractivity contribution in [2.75, 3.05) is 25.2 Å². The molecule has 25 heavy (non-hydrogen) atoms. The lowest BCUT2D eigenvalue weighted by Gasteiger charge is -2.15. The molecule has 1 aromatic heterocycles. The monoisotopic (exact) mass is 364 g/mol. The van der Waals surface area contributed by atoms with E-state index in [-0.39, 0.29) is 23.0 Å². The molecule has 1 atom stereocenters. The van der Waals surface area contributed by atoms with Crippen LogP contribution in [0.15, 0.2) is 35.3 Å². The number of hydrogen-bond donors (Lipinski definition) is 1. The summed E-state index contributed by atoms with van der Waals surface area (Å²) < 4.78 is 29.6. The Hall–Kier alpha value is -2.19. The number of sulfone groups is 1. The summed E-state index contributed by atoms with van der Waals surface area (Å²) >= 11 is 0. The van der Waals surface area contributed by atoms with Crippen LogP contribution in [0.5, 0.6) is 0 Å². The molecule has 8 heteroatoms. The number of amides is 1. The lowest BCUT2D eigenvalue weighted by molar-refractivity contribution is 0.0941. The van der Waals surface area contributed by atoms with Crippen molar-refractivity contribution in [3.05, 3.63) is 46.4 Å². The number of carbonyl (C=O) groups excluding carboxylic acids is 1. The van der Waals surface area contributed by atoms with Crippen LogP contribution in [0, 0.1) is 0 Å². The molecule has 1 N–H and O–H groups in total. The van der Waals surface area contributed by atoms with Gasteiger partial charge in [-0.25, -0.2) is 8.42 Å². The summed E-state index contributed by atoms with van der Waals surface area (Å²) in [4.78, 5) is 25.2. The molecule has 0 spiro atoms. The van der Waals surface area contributed by atoms with Crippen LogP contribution in [0.1, 0.15) is 16.8 Å². The van der Waals surface area contributed by atoms with Crippen molar-refractivity contribution in [2.45, 2.75) is 19.0 Å². The third-order valence-electron chi connectivity index (χ3n) is 4.34. The minimum atomic E-state index is -3.08. The molecule has 1 aliphatic rings. The van der Waals surface area contributed by atoms with E-state index in [1.54, 1.807) is 31.4 Å². The molecular formula is C17H20N2O5S. The molecule has 0 radical (unpaired) electrons. The van der Waals surface area contributed by atoms with Gasteiger partial charge in [-0.1, -0.05) is 18.2 Å². The number of carbonyl (C=O) groups is 1. The zero-order valence-corrected chi connectivity index (χ0v) is 14.7. The first-order chi connectivity index (χ1) is 11.9. The van der Waals surface area contributed by atoms with Crippen molar-refractivity contribution in [1.29, 1.82) is 0 Å². The minimum Gasteiger partial charge on any atom is -0.383 e. The van der Waals surface area contributed by atoms with Crippen LogP contribution in [-0.2, 0) is 21.1 Å². The van der Waals surface area contributed by atoms with Gasteiger partial charge in [-0.2, -0.15) is 0 Å². The van der Waals surface area contributed by atoms with E-state index in [9.17, 15) is 18.0 Å². The van der Waals surface area contributed by atoms with Gasteiger partial charge in [0.25, 0.3) is 11.5 Å². The number of pyridine rings is 1. The van der Waals surface area contributed by atoms with Gasteiger partial charge in [0.1, 0.15) is 0 Å². The predicted molar refractivity (Wildman–Crippen MR) is 94.6 cm³/mol. The van der Waals surface area contributed by atoms with E-state index in [4.69, 9.17) is 4.74 Å². The molecule has 0 saturated carbocycles. The third-order valence-corrected chi connectivity index (χ3v) is 6.11. The van der Waals surface area contributed by atoms with Crippen LogP contribution >= 0.6 is 0 Å². The Morgan fingerprint density at radius 3 is 2.68 bits per heavy atom. The van der Waals surface area contributed by atoms with Gasteiger partial charge in [0.2, 0.25) is 0 Å². The summed E-state index contributed by atoms with van der Waals surface area (Å²) in [6, 6.07) is 6.51. The molecule has 2 aromatic rings. The predicted octanol–water partition coefficient (Wildman–Crippen LogP) is 0.565. The number of nitrogens with one attached hydrogen (secondary N) is 1. The molecule has 0 unspecified atom stereocenters. The maximum absolute atomic E-state index is 12.7. The Morgan fingerprint density at radius 2 is 2.04 bits per heavy atom. The third kappa shape index (κ3) is 3.74. The average molecular weight is 364 g/mol. The quantitative estimate of drug-likeness (QED) is 0.837. The minimum absolute atomic E-state index is 0.0417. The fourth-order valence-electron chi connectivity index (χ4n) is 3.05. The number of methoxy groups -OCH3 is 1. The van der Waals surface area contributed by atoms with Crippen LogP contribution in [0.2, 0.25) is 0 Å². The Balaban J connectivity index is 1.98. The number of fused-ring (bicyclic) bond motifs is 1. The summed E-state index contributed by atoms with van der Waals surface area (Å²) in [7, 11) is -1.54. The highest BCUT2D eigenvalue weighted by atomic mass is 32.2. The summed E-state index contributed by atoms with van der Waals surface area (Å²) in [6.07, 6.45) is 1.93. The second kappa shape index (κ2) is 6.97. The van der Waals surface area contributed by atoms with E-state index in [1.165, 1.54) is 10.8 Å². The van der Waals surface area contributed by atoms with Crippen LogP contribution in [0.3, 0.4) is 0 Å². The average Bonchev–Trinajstić information content (AvgIpc) is 2.93. The Labute approximate surface area is 145 Å². The van der Waals surface area contributed by atoms with Gasteiger partial charge in [0, 0.05) is 36.7 Å². The number of aromatic nitrogens is 1. The SMILES string of the molecule is COCCn1cc(C(=O)N[C@@H]2CCS(=O)(=O)C2)c2ccccc2c1=O. The molecule has 1 fully saturated rings. The maximum Gasteiger partial charge on any atom is 0.258 e. The van der Waals surface area contributed by atoms with Gasteiger partial charge in [-0.3, -0.25) is 9.59 Å². The highest BCUT2D eigenvalue weighted by Gasteiger charge is 2.29. The lowest BCUT2D eigenvalue weighted by atomic mass is 10.1. The molecule has 0 aliphatic carbocycles. The van der Waals surface area contributed by atoms with Crippen molar-refractivity contribution < 1.29 is 17.9 Å². The topological polar surface area (TPSA) is 94.5 Å². The van der Waals surface area contributed by atoms with Crippen LogP contribution in [0.25, 0.3) is 10.8 Å². The molecule has 1 amide bonds. The van der Waals surface area contributed by atoms with Gasteiger partial charge < -0.3 is 14.6 Å². The summed E-state index contributed by atoms with van der Waals surface area (Å²) in [6.45, 7) is 0.679. The molecular weight excluding hydrogens is 344 g/mol. The van der Waals surface area contributed by atoms with Crippen LogP contribution < -0.4 is 10.9 Å². The van der Waals surface area contributed by atoms with Gasteiger partial charge in [-0.15, -0.1) is 0 Å². The summed E-state index contributed by atoms with van der Waals surface area (Å²) in [5.41, 5.74) is 0.170. The fourth-order valence-corrected chi connectivity index (χ4v) is 4.73. The van der Waals surface area contributed by atoms with Gasteiger partial charge in [-0.05, 0) is 12.5 Å². The number of ether oxygens (including phenoxy) is 1. The second-order valence-corrected chi connectivity index (χ2v) is 8.38. The first-order valence-electron chi connectivity index (χ1n) is 8.04. The van der Waals surface area contributed by atoms with Gasteiger partial charge in [0.15, 0.2) is 9.84 Å². The van der Waals surface area contributed by atoms with Crippen LogP contribution in [0.4, 0.5) is 0 Å². The number of nitrogens with zero attached hydrogens (tertiary/aromatic N) is 1. The fraction of sp³-hybridized carbons (Fsp3) is 0.412. The largest absolute Gasteiger partial charge is 0.383 e. The van der Waals surface area contributed by atoms with E-state index in [0.29, 0.717) is 35.9 Å². The second-order valence-electron chi connectivity index (χ2n) is 6.15. The van der Waals surface area contributed by atoms with Crippen LogP contribution in [-0.4, -0.2) is 50.2 Å². The Kier molecular flexibility index (Phi) is 4.91. The Bertz CT molecular complexity index is 965. The number of rotatable bonds is 5. The first kappa shape index (κ1) is 17.6. The molecule has 2 heterocycles. The van der Waals surface area contributed by atoms with E-state index >= 15 is 0 Å². The number of benzene rings is 1.